The quantitative estimate of drug-likeness (QED) is 0.828. The van der Waals surface area contributed by atoms with Crippen LogP contribution in [0.15, 0.2) is 5.38 Å². The number of thiazole rings is 1. The van der Waals surface area contributed by atoms with Crippen LogP contribution in [0.4, 0.5) is 5.13 Å². The Morgan fingerprint density at radius 1 is 1.60 bits per heavy atom. The molecule has 2 rings (SSSR count). The lowest BCUT2D eigenvalue weighted by atomic mass is 10.1. The molecule has 2 atom stereocenters. The monoisotopic (exact) mass is 226 g/mol. The SMILES string of the molecule is CCc1csc(NCC2CCCC2O)n1. The van der Waals surface area contributed by atoms with E-state index < -0.39 is 0 Å². The molecule has 0 bridgehead atoms. The molecule has 1 aliphatic carbocycles. The summed E-state index contributed by atoms with van der Waals surface area (Å²) in [6.07, 6.45) is 4.14. The summed E-state index contributed by atoms with van der Waals surface area (Å²) in [7, 11) is 0. The van der Waals surface area contributed by atoms with Crippen LogP contribution in [-0.2, 0) is 6.42 Å². The van der Waals surface area contributed by atoms with Crippen LogP contribution in [0.5, 0.6) is 0 Å². The van der Waals surface area contributed by atoms with Crippen molar-refractivity contribution in [2.45, 2.75) is 38.7 Å². The Balaban J connectivity index is 1.82. The van der Waals surface area contributed by atoms with E-state index in [2.05, 4.69) is 22.6 Å². The second-order valence-electron chi connectivity index (χ2n) is 4.14. The van der Waals surface area contributed by atoms with Gasteiger partial charge in [-0.25, -0.2) is 4.98 Å². The van der Waals surface area contributed by atoms with E-state index in [1.54, 1.807) is 11.3 Å². The highest BCUT2D eigenvalue weighted by molar-refractivity contribution is 7.13. The van der Waals surface area contributed by atoms with Crippen LogP contribution in [-0.4, -0.2) is 22.7 Å². The normalized spacial score (nSPS) is 25.7. The minimum absolute atomic E-state index is 0.108. The summed E-state index contributed by atoms with van der Waals surface area (Å²) in [6, 6.07) is 0. The molecule has 3 nitrogen and oxygen atoms in total. The lowest BCUT2D eigenvalue weighted by molar-refractivity contribution is 0.138. The average Bonchev–Trinajstić information content (AvgIpc) is 2.84. The summed E-state index contributed by atoms with van der Waals surface area (Å²) in [4.78, 5) is 4.44. The number of hydrogen-bond acceptors (Lipinski definition) is 4. The molecule has 1 aromatic rings. The maximum Gasteiger partial charge on any atom is 0.182 e. The van der Waals surface area contributed by atoms with Crippen molar-refractivity contribution in [3.05, 3.63) is 11.1 Å². The van der Waals surface area contributed by atoms with E-state index in [0.29, 0.717) is 5.92 Å². The first-order chi connectivity index (χ1) is 7.29. The number of aliphatic hydroxyl groups excluding tert-OH is 1. The zero-order valence-electron chi connectivity index (χ0n) is 9.07. The van der Waals surface area contributed by atoms with Crippen molar-refractivity contribution in [2.75, 3.05) is 11.9 Å². The van der Waals surface area contributed by atoms with Crippen molar-refractivity contribution in [3.8, 4) is 0 Å². The molecule has 2 N–H and O–H groups in total. The Labute approximate surface area is 94.5 Å². The predicted octanol–water partition coefficient (Wildman–Crippen LogP) is 2.28. The number of nitrogens with one attached hydrogen (secondary N) is 1. The van der Waals surface area contributed by atoms with Crippen molar-refractivity contribution < 1.29 is 5.11 Å². The van der Waals surface area contributed by atoms with Gasteiger partial charge in [0.15, 0.2) is 5.13 Å². The van der Waals surface area contributed by atoms with Gasteiger partial charge in [-0.2, -0.15) is 0 Å². The molecule has 0 spiro atoms. The van der Waals surface area contributed by atoms with Crippen LogP contribution >= 0.6 is 11.3 Å². The summed E-state index contributed by atoms with van der Waals surface area (Å²) >= 11 is 1.65. The van der Waals surface area contributed by atoms with E-state index in [-0.39, 0.29) is 6.10 Å². The molecule has 0 aliphatic heterocycles. The second-order valence-corrected chi connectivity index (χ2v) is 4.99. The highest BCUT2D eigenvalue weighted by atomic mass is 32.1. The Kier molecular flexibility index (Phi) is 3.59. The van der Waals surface area contributed by atoms with Crippen LogP contribution in [0.1, 0.15) is 31.9 Å². The molecule has 0 radical (unpaired) electrons. The molecule has 1 heterocycles. The molecule has 1 aromatic heterocycles. The standard InChI is InChI=1S/C11H18N2OS/c1-2-9-7-15-11(13-9)12-6-8-4-3-5-10(8)14/h7-8,10,14H,2-6H2,1H3,(H,12,13). The maximum absolute atomic E-state index is 9.66. The van der Waals surface area contributed by atoms with Gasteiger partial charge in [0.05, 0.1) is 11.8 Å². The van der Waals surface area contributed by atoms with Gasteiger partial charge in [-0.3, -0.25) is 0 Å². The first-order valence-corrected chi connectivity index (χ1v) is 6.54. The second kappa shape index (κ2) is 4.94. The molecule has 0 saturated heterocycles. The first kappa shape index (κ1) is 10.9. The van der Waals surface area contributed by atoms with Gasteiger partial charge in [0.25, 0.3) is 0 Å². The van der Waals surface area contributed by atoms with E-state index in [1.165, 1.54) is 0 Å². The fourth-order valence-corrected chi connectivity index (χ4v) is 2.83. The number of aliphatic hydroxyl groups is 1. The van der Waals surface area contributed by atoms with E-state index in [0.717, 1.165) is 43.1 Å². The number of aryl methyl sites for hydroxylation is 1. The van der Waals surface area contributed by atoms with Gasteiger partial charge in [0.1, 0.15) is 0 Å². The third-order valence-corrected chi connectivity index (χ3v) is 3.90. The van der Waals surface area contributed by atoms with Crippen LogP contribution < -0.4 is 5.32 Å². The molecular weight excluding hydrogens is 208 g/mol. The van der Waals surface area contributed by atoms with E-state index in [1.807, 2.05) is 0 Å². The maximum atomic E-state index is 9.66. The Bertz CT molecular complexity index is 313. The Hall–Kier alpha value is -0.610. The summed E-state index contributed by atoms with van der Waals surface area (Å²) in [5, 5.41) is 16.1. The molecule has 4 heteroatoms. The van der Waals surface area contributed by atoms with Crippen molar-refractivity contribution >= 4 is 16.5 Å². The number of rotatable bonds is 4. The molecule has 0 amide bonds. The predicted molar refractivity (Wildman–Crippen MR) is 63.3 cm³/mol. The zero-order valence-corrected chi connectivity index (χ0v) is 9.89. The van der Waals surface area contributed by atoms with Crippen molar-refractivity contribution in [2.24, 2.45) is 5.92 Å². The number of anilines is 1. The van der Waals surface area contributed by atoms with Gasteiger partial charge in [0.2, 0.25) is 0 Å². The van der Waals surface area contributed by atoms with E-state index >= 15 is 0 Å². The topological polar surface area (TPSA) is 45.1 Å². The molecule has 0 aromatic carbocycles. The largest absolute Gasteiger partial charge is 0.393 e. The number of nitrogens with zero attached hydrogens (tertiary/aromatic N) is 1. The van der Waals surface area contributed by atoms with E-state index in [9.17, 15) is 5.11 Å². The molecule has 1 fully saturated rings. The number of hydrogen-bond donors (Lipinski definition) is 2. The molecule has 1 aliphatic rings. The minimum atomic E-state index is -0.108. The number of aromatic nitrogens is 1. The van der Waals surface area contributed by atoms with Crippen LogP contribution in [0, 0.1) is 5.92 Å². The van der Waals surface area contributed by atoms with Crippen molar-refractivity contribution in [1.29, 1.82) is 0 Å². The molecule has 84 valence electrons. The fourth-order valence-electron chi connectivity index (χ4n) is 2.02. The van der Waals surface area contributed by atoms with Gasteiger partial charge in [-0.05, 0) is 19.3 Å². The van der Waals surface area contributed by atoms with Crippen molar-refractivity contribution in [1.82, 2.24) is 4.98 Å². The average molecular weight is 226 g/mol. The highest BCUT2D eigenvalue weighted by Crippen LogP contribution is 2.26. The summed E-state index contributed by atoms with van der Waals surface area (Å²) in [6.45, 7) is 2.97. The Morgan fingerprint density at radius 2 is 2.47 bits per heavy atom. The zero-order chi connectivity index (χ0) is 10.7. The first-order valence-electron chi connectivity index (χ1n) is 5.66. The van der Waals surface area contributed by atoms with Crippen LogP contribution in [0.25, 0.3) is 0 Å². The Morgan fingerprint density at radius 3 is 3.07 bits per heavy atom. The van der Waals surface area contributed by atoms with Gasteiger partial charge in [-0.15, -0.1) is 11.3 Å². The van der Waals surface area contributed by atoms with Gasteiger partial charge >= 0.3 is 0 Å². The highest BCUT2D eigenvalue weighted by Gasteiger charge is 2.24. The third kappa shape index (κ3) is 2.69. The minimum Gasteiger partial charge on any atom is -0.393 e. The lowest BCUT2D eigenvalue weighted by Gasteiger charge is -2.14. The molecule has 1 saturated carbocycles. The van der Waals surface area contributed by atoms with Gasteiger partial charge in [-0.1, -0.05) is 13.3 Å². The van der Waals surface area contributed by atoms with Gasteiger partial charge < -0.3 is 10.4 Å². The third-order valence-electron chi connectivity index (χ3n) is 3.05. The molecule has 2 unspecified atom stereocenters. The van der Waals surface area contributed by atoms with Crippen molar-refractivity contribution in [3.63, 3.8) is 0 Å². The summed E-state index contributed by atoms with van der Waals surface area (Å²) in [5.41, 5.74) is 1.15. The van der Waals surface area contributed by atoms with E-state index in [4.69, 9.17) is 0 Å². The molecule has 15 heavy (non-hydrogen) atoms. The summed E-state index contributed by atoms with van der Waals surface area (Å²) < 4.78 is 0. The van der Waals surface area contributed by atoms with Crippen LogP contribution in [0.3, 0.4) is 0 Å². The van der Waals surface area contributed by atoms with Crippen LogP contribution in [0.2, 0.25) is 0 Å². The summed E-state index contributed by atoms with van der Waals surface area (Å²) in [5.74, 6) is 0.416. The lowest BCUT2D eigenvalue weighted by Crippen LogP contribution is -2.21. The smallest absolute Gasteiger partial charge is 0.182 e. The van der Waals surface area contributed by atoms with Gasteiger partial charge in [0, 0.05) is 17.8 Å². The molecular formula is C11H18N2OS. The fraction of sp³-hybridized carbons (Fsp3) is 0.727.